The zero-order chi connectivity index (χ0) is 23.1. The Hall–Kier alpha value is -1.84. The summed E-state index contributed by atoms with van der Waals surface area (Å²) in [5, 5.41) is 8.80. The molecule has 2 aromatic rings. The van der Waals surface area contributed by atoms with Gasteiger partial charge >= 0.3 is 6.03 Å². The fourth-order valence-corrected chi connectivity index (χ4v) is 5.97. The highest BCUT2D eigenvalue weighted by molar-refractivity contribution is 8.01. The van der Waals surface area contributed by atoms with Gasteiger partial charge in [-0.3, -0.25) is 4.79 Å². The molecule has 1 aliphatic heterocycles. The van der Waals surface area contributed by atoms with Gasteiger partial charge in [0.1, 0.15) is 0 Å². The summed E-state index contributed by atoms with van der Waals surface area (Å²) in [6.07, 6.45) is 5.21. The summed E-state index contributed by atoms with van der Waals surface area (Å²) < 4.78 is 7.59. The van der Waals surface area contributed by atoms with Crippen LogP contribution in [0.4, 0.5) is 10.5 Å². The van der Waals surface area contributed by atoms with E-state index in [9.17, 15) is 9.59 Å². The van der Waals surface area contributed by atoms with Crippen LogP contribution in [0.25, 0.3) is 10.2 Å². The van der Waals surface area contributed by atoms with Gasteiger partial charge in [-0.2, -0.15) is 0 Å². The quantitative estimate of drug-likeness (QED) is 0.289. The molecule has 0 spiro atoms. The molecule has 2 unspecified atom stereocenters. The van der Waals surface area contributed by atoms with Gasteiger partial charge in [0, 0.05) is 31.0 Å². The Morgan fingerprint density at radius 2 is 2.09 bits per heavy atom. The number of fused-ring (bicyclic) bond motifs is 1. The third kappa shape index (κ3) is 7.35. The van der Waals surface area contributed by atoms with Crippen molar-refractivity contribution in [3.63, 3.8) is 0 Å². The number of rotatable bonds is 12. The van der Waals surface area contributed by atoms with E-state index >= 15 is 0 Å². The molecular formula is C23H34N4O3S2. The van der Waals surface area contributed by atoms with Gasteiger partial charge in [-0.25, -0.2) is 9.78 Å². The maximum Gasteiger partial charge on any atom is 0.315 e. The van der Waals surface area contributed by atoms with Crippen LogP contribution in [0.1, 0.15) is 59.3 Å². The largest absolute Gasteiger partial charge is 0.379 e. The number of benzene rings is 1. The van der Waals surface area contributed by atoms with Crippen LogP contribution in [0.2, 0.25) is 0 Å². The number of nitrogens with one attached hydrogen (secondary N) is 3. The molecule has 7 nitrogen and oxygen atoms in total. The predicted molar refractivity (Wildman–Crippen MR) is 133 cm³/mol. The highest BCUT2D eigenvalue weighted by Gasteiger charge is 2.26. The van der Waals surface area contributed by atoms with Gasteiger partial charge in [0.25, 0.3) is 0 Å². The number of methoxy groups -OCH3 is 1. The van der Waals surface area contributed by atoms with Crippen molar-refractivity contribution < 1.29 is 14.3 Å². The number of carbonyl (C=O) groups is 2. The molecule has 3 amide bonds. The SMILES string of the molecule is COC(C)(C)CCSc1nc2ccc(NC(=O)CCCCCC3NC(=O)NC3C)cc2s1. The van der Waals surface area contributed by atoms with E-state index in [0.29, 0.717) is 6.42 Å². The van der Waals surface area contributed by atoms with Gasteiger partial charge in [-0.15, -0.1) is 11.3 Å². The lowest BCUT2D eigenvalue weighted by molar-refractivity contribution is -0.116. The highest BCUT2D eigenvalue weighted by atomic mass is 32.2. The van der Waals surface area contributed by atoms with Crippen LogP contribution in [-0.4, -0.2) is 47.5 Å². The van der Waals surface area contributed by atoms with Crippen LogP contribution in [0.15, 0.2) is 22.5 Å². The number of thiazole rings is 1. The third-order valence-corrected chi connectivity index (χ3v) is 8.00. The molecule has 1 aliphatic rings. The van der Waals surface area contributed by atoms with Gasteiger partial charge in [0.15, 0.2) is 4.34 Å². The van der Waals surface area contributed by atoms with Crippen LogP contribution >= 0.6 is 23.1 Å². The molecule has 1 aromatic heterocycles. The maximum absolute atomic E-state index is 12.3. The molecule has 1 fully saturated rings. The van der Waals surface area contributed by atoms with Gasteiger partial charge < -0.3 is 20.7 Å². The van der Waals surface area contributed by atoms with Crippen molar-refractivity contribution in [3.05, 3.63) is 18.2 Å². The molecule has 2 atom stereocenters. The summed E-state index contributed by atoms with van der Waals surface area (Å²) in [6.45, 7) is 6.20. The van der Waals surface area contributed by atoms with Crippen LogP contribution in [0.5, 0.6) is 0 Å². The Kier molecular flexibility index (Phi) is 8.79. The fourth-order valence-electron chi connectivity index (χ4n) is 3.54. The number of anilines is 1. The lowest BCUT2D eigenvalue weighted by atomic mass is 10.0. The Morgan fingerprint density at radius 3 is 2.81 bits per heavy atom. The Balaban J connectivity index is 1.39. The van der Waals surface area contributed by atoms with Crippen LogP contribution in [0, 0.1) is 0 Å². The molecular weight excluding hydrogens is 444 g/mol. The number of hydrogen-bond acceptors (Lipinski definition) is 6. The number of carbonyl (C=O) groups excluding carboxylic acids is 2. The van der Waals surface area contributed by atoms with E-state index in [1.807, 2.05) is 25.1 Å². The second-order valence-corrected chi connectivity index (χ2v) is 11.3. The van der Waals surface area contributed by atoms with Gasteiger partial charge in [-0.05, 0) is 58.2 Å². The van der Waals surface area contributed by atoms with E-state index in [-0.39, 0.29) is 29.6 Å². The van der Waals surface area contributed by atoms with Crippen molar-refractivity contribution in [1.82, 2.24) is 15.6 Å². The van der Waals surface area contributed by atoms with Crippen molar-refractivity contribution in [3.8, 4) is 0 Å². The van der Waals surface area contributed by atoms with E-state index in [4.69, 9.17) is 4.74 Å². The van der Waals surface area contributed by atoms with Crippen LogP contribution in [0.3, 0.4) is 0 Å². The zero-order valence-electron chi connectivity index (χ0n) is 19.3. The molecule has 32 heavy (non-hydrogen) atoms. The lowest BCUT2D eigenvalue weighted by Gasteiger charge is -2.21. The maximum atomic E-state index is 12.3. The van der Waals surface area contributed by atoms with Crippen LogP contribution < -0.4 is 16.0 Å². The molecule has 1 saturated heterocycles. The second-order valence-electron chi connectivity index (χ2n) is 8.89. The van der Waals surface area contributed by atoms with Gasteiger partial charge in [0.05, 0.1) is 21.9 Å². The number of nitrogens with zero attached hydrogens (tertiary/aromatic N) is 1. The van der Waals surface area contributed by atoms with E-state index in [0.717, 1.165) is 58.1 Å². The number of amides is 3. The number of aromatic nitrogens is 1. The first-order valence-electron chi connectivity index (χ1n) is 11.2. The molecule has 1 aromatic carbocycles. The molecule has 3 rings (SSSR count). The Morgan fingerprint density at radius 1 is 1.28 bits per heavy atom. The lowest BCUT2D eigenvalue weighted by Crippen LogP contribution is -2.30. The van der Waals surface area contributed by atoms with E-state index in [2.05, 4.69) is 34.8 Å². The molecule has 0 bridgehead atoms. The van der Waals surface area contributed by atoms with Gasteiger partial charge in [0.2, 0.25) is 5.91 Å². The van der Waals surface area contributed by atoms with E-state index in [1.54, 1.807) is 30.2 Å². The molecule has 0 saturated carbocycles. The minimum Gasteiger partial charge on any atom is -0.379 e. The number of hydrogen-bond donors (Lipinski definition) is 3. The zero-order valence-corrected chi connectivity index (χ0v) is 21.0. The van der Waals surface area contributed by atoms with E-state index in [1.165, 1.54) is 0 Å². The predicted octanol–water partition coefficient (Wildman–Crippen LogP) is 5.16. The molecule has 0 aliphatic carbocycles. The van der Waals surface area contributed by atoms with Crippen molar-refractivity contribution in [1.29, 1.82) is 0 Å². The first kappa shape index (κ1) is 24.8. The van der Waals surface area contributed by atoms with Crippen LogP contribution in [-0.2, 0) is 9.53 Å². The number of unbranched alkanes of at least 4 members (excludes halogenated alkanes) is 2. The second kappa shape index (κ2) is 11.3. The summed E-state index contributed by atoms with van der Waals surface area (Å²) >= 11 is 3.40. The first-order chi connectivity index (χ1) is 15.3. The summed E-state index contributed by atoms with van der Waals surface area (Å²) in [5.41, 5.74) is 1.66. The summed E-state index contributed by atoms with van der Waals surface area (Å²) in [6, 6.07) is 6.17. The van der Waals surface area contributed by atoms with Crippen molar-refractivity contribution >= 4 is 50.9 Å². The number of thioether (sulfide) groups is 1. The van der Waals surface area contributed by atoms with Crippen molar-refractivity contribution in [2.45, 2.75) is 81.3 Å². The third-order valence-electron chi connectivity index (χ3n) is 5.83. The number of ether oxygens (including phenoxy) is 1. The summed E-state index contributed by atoms with van der Waals surface area (Å²) in [7, 11) is 1.74. The minimum atomic E-state index is -0.122. The molecule has 2 heterocycles. The van der Waals surface area contributed by atoms with E-state index < -0.39 is 0 Å². The normalized spacial score (nSPS) is 18.6. The monoisotopic (exact) mass is 478 g/mol. The molecule has 176 valence electrons. The first-order valence-corrected chi connectivity index (χ1v) is 13.0. The Labute approximate surface area is 198 Å². The fraction of sp³-hybridized carbons (Fsp3) is 0.609. The summed E-state index contributed by atoms with van der Waals surface area (Å²) in [4.78, 5) is 28.3. The minimum absolute atomic E-state index is 0.0365. The topological polar surface area (TPSA) is 92.3 Å². The van der Waals surface area contributed by atoms with Crippen molar-refractivity contribution in [2.75, 3.05) is 18.2 Å². The molecule has 0 radical (unpaired) electrons. The molecule has 9 heteroatoms. The average molecular weight is 479 g/mol. The standard InChI is InChI=1S/C23H34N4O3S2/c1-15-17(26-21(29)24-15)8-6-5-7-9-20(28)25-16-10-11-18-19(14-16)32-22(27-18)31-13-12-23(2,3)30-4/h10-11,14-15,17H,5-9,12-13H2,1-4H3,(H,25,28)(H2,24,26,29). The molecule has 3 N–H and O–H groups in total. The smallest absolute Gasteiger partial charge is 0.315 e. The van der Waals surface area contributed by atoms with Gasteiger partial charge in [-0.1, -0.05) is 24.6 Å². The number of urea groups is 1. The summed E-state index contributed by atoms with van der Waals surface area (Å²) in [5.74, 6) is 0.988. The van der Waals surface area contributed by atoms with Crippen molar-refractivity contribution in [2.24, 2.45) is 0 Å². The average Bonchev–Trinajstić information content (AvgIpc) is 3.28. The Bertz CT molecular complexity index is 931. The highest BCUT2D eigenvalue weighted by Crippen LogP contribution is 2.32.